The standard InChI is InChI=1S/C34H31FN2O5/c1-4-28-30(34(38)39)33(36-19-23-14-15-24(40-2)18-29(23)41-3)31(35)32(37-28)27-17-25(16-22-12-8-9-13-26(22)27)42-20-21-10-6-5-7-11-21/h5-18H,4,19-20H2,1-3H3,(H,36,37)(H,38,39). The third kappa shape index (κ3) is 5.83. The van der Waals surface area contributed by atoms with Crippen molar-refractivity contribution < 1.29 is 28.5 Å². The summed E-state index contributed by atoms with van der Waals surface area (Å²) in [6.45, 7) is 2.24. The van der Waals surface area contributed by atoms with Gasteiger partial charge in [-0.3, -0.25) is 0 Å². The fourth-order valence-electron chi connectivity index (χ4n) is 4.93. The second-order valence-electron chi connectivity index (χ2n) is 9.63. The molecule has 7 nitrogen and oxygen atoms in total. The summed E-state index contributed by atoms with van der Waals surface area (Å²) in [4.78, 5) is 17.0. The maximum Gasteiger partial charge on any atom is 0.339 e. The Hall–Kier alpha value is -5.11. The van der Waals surface area contributed by atoms with E-state index in [1.807, 2.05) is 60.7 Å². The lowest BCUT2D eigenvalue weighted by Crippen LogP contribution is -2.15. The maximum atomic E-state index is 16.5. The smallest absolute Gasteiger partial charge is 0.339 e. The molecule has 0 saturated carbocycles. The number of aromatic carboxylic acids is 1. The average molecular weight is 567 g/mol. The van der Waals surface area contributed by atoms with Gasteiger partial charge in [0.1, 0.15) is 35.1 Å². The molecule has 0 radical (unpaired) electrons. The highest BCUT2D eigenvalue weighted by molar-refractivity contribution is 6.00. The molecule has 0 spiro atoms. The number of aryl methyl sites for hydroxylation is 1. The van der Waals surface area contributed by atoms with Crippen molar-refractivity contribution in [3.63, 3.8) is 0 Å². The molecule has 0 aliphatic rings. The number of pyridine rings is 1. The first kappa shape index (κ1) is 28.4. The van der Waals surface area contributed by atoms with E-state index in [0.29, 0.717) is 35.0 Å². The third-order valence-corrected chi connectivity index (χ3v) is 7.05. The van der Waals surface area contributed by atoms with E-state index in [1.165, 1.54) is 7.11 Å². The quantitative estimate of drug-likeness (QED) is 0.171. The fraction of sp³-hybridized carbons (Fsp3) is 0.176. The number of halogens is 1. The van der Waals surface area contributed by atoms with E-state index >= 15 is 4.39 Å². The fourth-order valence-corrected chi connectivity index (χ4v) is 4.93. The molecule has 0 atom stereocenters. The second-order valence-corrected chi connectivity index (χ2v) is 9.63. The molecule has 214 valence electrons. The summed E-state index contributed by atoms with van der Waals surface area (Å²) in [5.41, 5.74) is 2.17. The number of ether oxygens (including phenoxy) is 3. The van der Waals surface area contributed by atoms with Gasteiger partial charge in [0, 0.05) is 23.7 Å². The number of aromatic nitrogens is 1. The van der Waals surface area contributed by atoms with Gasteiger partial charge < -0.3 is 24.6 Å². The van der Waals surface area contributed by atoms with Crippen molar-refractivity contribution in [3.8, 4) is 28.5 Å². The number of methoxy groups -OCH3 is 2. The molecule has 8 heteroatoms. The Morgan fingerprint density at radius 1 is 0.929 bits per heavy atom. The molecule has 5 rings (SSSR count). The zero-order valence-electron chi connectivity index (χ0n) is 23.6. The Balaban J connectivity index is 1.61. The summed E-state index contributed by atoms with van der Waals surface area (Å²) in [5.74, 6) is -0.347. The first-order chi connectivity index (χ1) is 20.4. The number of rotatable bonds is 11. The van der Waals surface area contributed by atoms with Gasteiger partial charge in [0.25, 0.3) is 0 Å². The Morgan fingerprint density at radius 3 is 2.40 bits per heavy atom. The van der Waals surface area contributed by atoms with Gasteiger partial charge in [0.05, 0.1) is 25.6 Å². The van der Waals surface area contributed by atoms with Crippen LogP contribution in [0.15, 0.2) is 84.9 Å². The lowest BCUT2D eigenvalue weighted by atomic mass is 9.98. The molecule has 0 saturated heterocycles. The summed E-state index contributed by atoms with van der Waals surface area (Å²) >= 11 is 0. The molecule has 0 aliphatic carbocycles. The highest BCUT2D eigenvalue weighted by Gasteiger charge is 2.26. The number of benzene rings is 4. The van der Waals surface area contributed by atoms with Crippen LogP contribution in [0.2, 0.25) is 0 Å². The molecule has 5 aromatic rings. The van der Waals surface area contributed by atoms with Gasteiger partial charge in [-0.15, -0.1) is 0 Å². The maximum absolute atomic E-state index is 16.5. The molecule has 4 aromatic carbocycles. The van der Waals surface area contributed by atoms with E-state index in [2.05, 4.69) is 10.3 Å². The first-order valence-corrected chi connectivity index (χ1v) is 13.5. The van der Waals surface area contributed by atoms with E-state index in [9.17, 15) is 9.90 Å². The van der Waals surface area contributed by atoms with Crippen molar-refractivity contribution in [2.75, 3.05) is 19.5 Å². The van der Waals surface area contributed by atoms with Crippen molar-refractivity contribution in [2.24, 2.45) is 0 Å². The van der Waals surface area contributed by atoms with Gasteiger partial charge in [0.2, 0.25) is 0 Å². The molecular weight excluding hydrogens is 535 g/mol. The number of carboxylic acid groups (broad SMARTS) is 1. The number of carboxylic acids is 1. The largest absolute Gasteiger partial charge is 0.497 e. The number of anilines is 1. The molecular formula is C34H31FN2O5. The number of nitrogens with zero attached hydrogens (tertiary/aromatic N) is 1. The van der Waals surface area contributed by atoms with Gasteiger partial charge in [-0.1, -0.05) is 61.5 Å². The predicted octanol–water partition coefficient (Wildman–Crippen LogP) is 7.51. The van der Waals surface area contributed by atoms with Crippen LogP contribution >= 0.6 is 0 Å². The Labute approximate surface area is 243 Å². The molecule has 2 N–H and O–H groups in total. The van der Waals surface area contributed by atoms with Crippen molar-refractivity contribution >= 4 is 22.4 Å². The van der Waals surface area contributed by atoms with Crippen LogP contribution in [0.5, 0.6) is 17.2 Å². The zero-order valence-corrected chi connectivity index (χ0v) is 23.6. The van der Waals surface area contributed by atoms with Crippen LogP contribution in [0.1, 0.15) is 34.1 Å². The van der Waals surface area contributed by atoms with Gasteiger partial charge in [-0.25, -0.2) is 14.2 Å². The number of carbonyl (C=O) groups is 1. The molecule has 1 aromatic heterocycles. The summed E-state index contributed by atoms with van der Waals surface area (Å²) in [7, 11) is 3.08. The lowest BCUT2D eigenvalue weighted by Gasteiger charge is -2.19. The minimum absolute atomic E-state index is 0.0439. The van der Waals surface area contributed by atoms with Crippen molar-refractivity contribution in [3.05, 3.63) is 113 Å². The van der Waals surface area contributed by atoms with E-state index in [1.54, 1.807) is 38.3 Å². The van der Waals surface area contributed by atoms with Gasteiger partial charge in [-0.2, -0.15) is 0 Å². The Morgan fingerprint density at radius 2 is 1.69 bits per heavy atom. The average Bonchev–Trinajstić information content (AvgIpc) is 3.02. The number of hydrogen-bond donors (Lipinski definition) is 2. The number of fused-ring (bicyclic) bond motifs is 1. The van der Waals surface area contributed by atoms with Crippen LogP contribution in [0.4, 0.5) is 10.1 Å². The van der Waals surface area contributed by atoms with Crippen molar-refractivity contribution in [2.45, 2.75) is 26.5 Å². The highest BCUT2D eigenvalue weighted by Crippen LogP contribution is 2.38. The van der Waals surface area contributed by atoms with Crippen molar-refractivity contribution in [1.82, 2.24) is 4.98 Å². The number of hydrogen-bond acceptors (Lipinski definition) is 6. The minimum atomic E-state index is -1.27. The molecule has 42 heavy (non-hydrogen) atoms. The van der Waals surface area contributed by atoms with Crippen LogP contribution in [0, 0.1) is 5.82 Å². The van der Waals surface area contributed by atoms with Crippen LogP contribution in [0.25, 0.3) is 22.0 Å². The Kier molecular flexibility index (Phi) is 8.52. The lowest BCUT2D eigenvalue weighted by molar-refractivity contribution is 0.0695. The van der Waals surface area contributed by atoms with Crippen LogP contribution < -0.4 is 19.5 Å². The van der Waals surface area contributed by atoms with Gasteiger partial charge >= 0.3 is 5.97 Å². The SMILES string of the molecule is CCc1nc(-c2cc(OCc3ccccc3)cc3ccccc23)c(F)c(NCc2ccc(OC)cc2OC)c1C(=O)O. The molecule has 0 fully saturated rings. The summed E-state index contributed by atoms with van der Waals surface area (Å²) in [6, 6.07) is 26.3. The molecule has 0 bridgehead atoms. The highest BCUT2D eigenvalue weighted by atomic mass is 19.1. The summed E-state index contributed by atoms with van der Waals surface area (Å²) in [6.07, 6.45) is 0.289. The molecule has 0 amide bonds. The van der Waals surface area contributed by atoms with E-state index in [0.717, 1.165) is 16.3 Å². The van der Waals surface area contributed by atoms with E-state index in [4.69, 9.17) is 14.2 Å². The van der Waals surface area contributed by atoms with E-state index < -0.39 is 11.8 Å². The Bertz CT molecular complexity index is 1740. The second kappa shape index (κ2) is 12.6. The zero-order chi connectivity index (χ0) is 29.6. The van der Waals surface area contributed by atoms with Crippen LogP contribution in [-0.2, 0) is 19.6 Å². The minimum Gasteiger partial charge on any atom is -0.497 e. The van der Waals surface area contributed by atoms with E-state index in [-0.39, 0.29) is 35.6 Å². The van der Waals surface area contributed by atoms with Crippen LogP contribution in [0.3, 0.4) is 0 Å². The summed E-state index contributed by atoms with van der Waals surface area (Å²) < 4.78 is 33.4. The van der Waals surface area contributed by atoms with Gasteiger partial charge in [-0.05, 0) is 47.0 Å². The molecule has 0 aliphatic heterocycles. The van der Waals surface area contributed by atoms with Crippen LogP contribution in [-0.4, -0.2) is 30.3 Å². The monoisotopic (exact) mass is 566 g/mol. The molecule has 1 heterocycles. The third-order valence-electron chi connectivity index (χ3n) is 7.05. The molecule has 0 unspecified atom stereocenters. The topological polar surface area (TPSA) is 89.9 Å². The summed E-state index contributed by atoms with van der Waals surface area (Å²) in [5, 5.41) is 14.8. The predicted molar refractivity (Wildman–Crippen MR) is 161 cm³/mol. The first-order valence-electron chi connectivity index (χ1n) is 13.5. The number of nitrogens with one attached hydrogen (secondary N) is 1. The van der Waals surface area contributed by atoms with Crippen molar-refractivity contribution in [1.29, 1.82) is 0 Å². The van der Waals surface area contributed by atoms with Gasteiger partial charge in [0.15, 0.2) is 5.82 Å². The normalized spacial score (nSPS) is 10.9.